The zero-order valence-electron chi connectivity index (χ0n) is 5.94. The molecule has 0 unspecified atom stereocenters. The number of alkyl halides is 1. The van der Waals surface area contributed by atoms with Crippen LogP contribution in [0.2, 0.25) is 0 Å². The van der Waals surface area contributed by atoms with Gasteiger partial charge in [0.1, 0.15) is 0 Å². The smallest absolute Gasteiger partial charge is 0.346 e. The summed E-state index contributed by atoms with van der Waals surface area (Å²) in [5, 5.41) is 26.3. The Bertz CT molecular complexity index is 269. The predicted octanol–water partition coefficient (Wildman–Crippen LogP) is -0.414. The number of carboxylic acid groups (broad SMARTS) is 1. The molecule has 0 saturated heterocycles. The Labute approximate surface area is 67.3 Å². The fourth-order valence-electron chi connectivity index (χ4n) is 0.843. The third-order valence-electron chi connectivity index (χ3n) is 1.63. The van der Waals surface area contributed by atoms with Crippen LogP contribution < -0.4 is 0 Å². The van der Waals surface area contributed by atoms with E-state index < -0.39 is 17.4 Å². The largest absolute Gasteiger partial charge is 0.479 e. The molecule has 0 fully saturated rings. The molecule has 0 aromatic rings. The number of hydrogen-bond acceptors (Lipinski definition) is 3. The van der Waals surface area contributed by atoms with Crippen molar-refractivity contribution in [2.45, 2.75) is 11.5 Å². The first kappa shape index (κ1) is 8.89. The van der Waals surface area contributed by atoms with Gasteiger partial charge in [0.2, 0.25) is 5.60 Å². The van der Waals surface area contributed by atoms with Crippen LogP contribution in [0.1, 0.15) is 0 Å². The van der Waals surface area contributed by atoms with Crippen molar-refractivity contribution in [1.29, 1.82) is 0 Å². The lowest BCUT2D eigenvalue weighted by Crippen LogP contribution is -2.55. The van der Waals surface area contributed by atoms with Crippen molar-refractivity contribution >= 4 is 5.97 Å². The molecule has 1 aliphatic carbocycles. The number of hydrogen-bond donors (Lipinski definition) is 3. The lowest BCUT2D eigenvalue weighted by atomic mass is 9.90. The average molecular weight is 174 g/mol. The van der Waals surface area contributed by atoms with Gasteiger partial charge in [0, 0.05) is 0 Å². The Morgan fingerprint density at radius 2 is 1.75 bits per heavy atom. The number of carboxylic acids is 1. The minimum Gasteiger partial charge on any atom is -0.479 e. The van der Waals surface area contributed by atoms with Crippen LogP contribution in [0, 0.1) is 0 Å². The molecule has 0 bridgehead atoms. The van der Waals surface area contributed by atoms with E-state index in [9.17, 15) is 9.18 Å². The first-order chi connectivity index (χ1) is 5.40. The van der Waals surface area contributed by atoms with E-state index in [2.05, 4.69) is 0 Å². The van der Waals surface area contributed by atoms with Crippen molar-refractivity contribution in [2.75, 3.05) is 0 Å². The first-order valence-electron chi connectivity index (χ1n) is 3.14. The molecule has 3 N–H and O–H groups in total. The van der Waals surface area contributed by atoms with Gasteiger partial charge in [-0.3, -0.25) is 0 Å². The maximum Gasteiger partial charge on any atom is 0.346 e. The van der Waals surface area contributed by atoms with Crippen LogP contribution in [-0.2, 0) is 4.79 Å². The quantitative estimate of drug-likeness (QED) is 0.504. The summed E-state index contributed by atoms with van der Waals surface area (Å²) in [6, 6.07) is 0. The summed E-state index contributed by atoms with van der Waals surface area (Å²) in [6.07, 6.45) is 3.50. The number of halogens is 1. The highest BCUT2D eigenvalue weighted by atomic mass is 19.2. The third-order valence-corrected chi connectivity index (χ3v) is 1.63. The van der Waals surface area contributed by atoms with Gasteiger partial charge in [0.05, 0.1) is 0 Å². The van der Waals surface area contributed by atoms with E-state index in [0.29, 0.717) is 12.2 Å². The number of rotatable bonds is 1. The highest BCUT2D eigenvalue weighted by Gasteiger charge is 2.54. The molecule has 66 valence electrons. The molecule has 1 rings (SSSR count). The van der Waals surface area contributed by atoms with Crippen molar-refractivity contribution in [3.63, 3.8) is 0 Å². The summed E-state index contributed by atoms with van der Waals surface area (Å²) in [7, 11) is 0. The van der Waals surface area contributed by atoms with Crippen molar-refractivity contribution < 1.29 is 24.5 Å². The molecule has 0 radical (unpaired) electrons. The standard InChI is InChI=1S/C7H7FO4/c8-7(12)4-2-1-3-6(7,11)5(9)10/h1-4,11-12H,(H,9,10)/t6-,7-/m0/s1. The number of aliphatic hydroxyl groups is 2. The predicted molar refractivity (Wildman–Crippen MR) is 36.9 cm³/mol. The molecule has 1 aliphatic rings. The molecule has 2 atom stereocenters. The molecule has 12 heavy (non-hydrogen) atoms. The zero-order valence-corrected chi connectivity index (χ0v) is 5.94. The fraction of sp³-hybridized carbons (Fsp3) is 0.286. The van der Waals surface area contributed by atoms with E-state index in [1.54, 1.807) is 0 Å². The SMILES string of the molecule is O=C(O)[C@@]1(O)C=CC=C[C@@]1(O)F. The summed E-state index contributed by atoms with van der Waals surface area (Å²) in [4.78, 5) is 10.4. The maximum absolute atomic E-state index is 13.0. The zero-order chi connectivity index (χ0) is 9.41. The number of aliphatic carboxylic acids is 1. The highest BCUT2D eigenvalue weighted by Crippen LogP contribution is 2.30. The van der Waals surface area contributed by atoms with E-state index in [1.165, 1.54) is 0 Å². The van der Waals surface area contributed by atoms with Crippen molar-refractivity contribution in [2.24, 2.45) is 0 Å². The van der Waals surface area contributed by atoms with Crippen molar-refractivity contribution in [3.8, 4) is 0 Å². The minimum atomic E-state index is -3.26. The summed E-state index contributed by atoms with van der Waals surface area (Å²) < 4.78 is 13.0. The normalized spacial score (nSPS) is 39.9. The molecule has 4 nitrogen and oxygen atoms in total. The Balaban J connectivity index is 3.13. The van der Waals surface area contributed by atoms with E-state index in [-0.39, 0.29) is 0 Å². The van der Waals surface area contributed by atoms with Gasteiger partial charge in [-0.2, -0.15) is 0 Å². The number of allylic oxidation sites excluding steroid dienone is 2. The lowest BCUT2D eigenvalue weighted by Gasteiger charge is -2.30. The van der Waals surface area contributed by atoms with E-state index >= 15 is 0 Å². The fourth-order valence-corrected chi connectivity index (χ4v) is 0.843. The van der Waals surface area contributed by atoms with Crippen LogP contribution in [0.4, 0.5) is 4.39 Å². The van der Waals surface area contributed by atoms with Gasteiger partial charge in [-0.05, 0) is 12.2 Å². The third kappa shape index (κ3) is 1.03. The molecular formula is C7H7FO4. The van der Waals surface area contributed by atoms with Gasteiger partial charge in [0.15, 0.2) is 0 Å². The first-order valence-corrected chi connectivity index (χ1v) is 3.14. The second kappa shape index (κ2) is 2.40. The summed E-state index contributed by atoms with van der Waals surface area (Å²) in [6.45, 7) is 0. The van der Waals surface area contributed by atoms with Gasteiger partial charge in [-0.1, -0.05) is 12.2 Å². The summed E-state index contributed by atoms with van der Waals surface area (Å²) in [5.41, 5.74) is -2.89. The van der Waals surface area contributed by atoms with E-state index in [1.807, 2.05) is 0 Å². The van der Waals surface area contributed by atoms with Crippen LogP contribution in [0.3, 0.4) is 0 Å². The monoisotopic (exact) mass is 174 g/mol. The van der Waals surface area contributed by atoms with E-state index in [0.717, 1.165) is 12.2 Å². The Morgan fingerprint density at radius 3 is 2.08 bits per heavy atom. The van der Waals surface area contributed by atoms with Crippen LogP contribution in [0.25, 0.3) is 0 Å². The van der Waals surface area contributed by atoms with Gasteiger partial charge in [-0.25, -0.2) is 9.18 Å². The Morgan fingerprint density at radius 1 is 1.25 bits per heavy atom. The molecule has 0 aliphatic heterocycles. The second-order valence-corrected chi connectivity index (χ2v) is 2.46. The molecule has 0 aromatic heterocycles. The Hall–Kier alpha value is -1.20. The topological polar surface area (TPSA) is 77.8 Å². The highest BCUT2D eigenvalue weighted by molar-refractivity contribution is 5.82. The molecule has 0 heterocycles. The van der Waals surface area contributed by atoms with Gasteiger partial charge in [0.25, 0.3) is 5.85 Å². The Kier molecular flexibility index (Phi) is 1.78. The lowest BCUT2D eigenvalue weighted by molar-refractivity contribution is -0.200. The molecule has 0 aromatic carbocycles. The molecular weight excluding hydrogens is 167 g/mol. The summed E-state index contributed by atoms with van der Waals surface area (Å²) >= 11 is 0. The minimum absolute atomic E-state index is 0.571. The molecule has 5 heteroatoms. The van der Waals surface area contributed by atoms with Crippen molar-refractivity contribution in [3.05, 3.63) is 24.3 Å². The van der Waals surface area contributed by atoms with Crippen molar-refractivity contribution in [1.82, 2.24) is 0 Å². The second-order valence-electron chi connectivity index (χ2n) is 2.46. The van der Waals surface area contributed by atoms with Crippen LogP contribution in [0.5, 0.6) is 0 Å². The number of carbonyl (C=O) groups is 1. The van der Waals surface area contributed by atoms with Crippen LogP contribution in [-0.4, -0.2) is 32.7 Å². The summed E-state index contributed by atoms with van der Waals surface area (Å²) in [5.74, 6) is -5.10. The average Bonchev–Trinajstić information content (AvgIpc) is 1.95. The molecule has 0 amide bonds. The molecule has 0 saturated carbocycles. The van der Waals surface area contributed by atoms with E-state index in [4.69, 9.17) is 15.3 Å². The van der Waals surface area contributed by atoms with Gasteiger partial charge in [-0.15, -0.1) is 0 Å². The van der Waals surface area contributed by atoms with Crippen LogP contribution in [0.15, 0.2) is 24.3 Å². The van der Waals surface area contributed by atoms with Gasteiger partial charge >= 0.3 is 5.97 Å². The van der Waals surface area contributed by atoms with Gasteiger partial charge < -0.3 is 15.3 Å². The van der Waals surface area contributed by atoms with Crippen LogP contribution >= 0.6 is 0 Å². The molecule has 0 spiro atoms. The maximum atomic E-state index is 13.0.